The molecule has 0 spiro atoms. The zero-order valence-corrected chi connectivity index (χ0v) is 12.5. The topological polar surface area (TPSA) is 82.7 Å². The molecule has 1 aromatic carbocycles. The molecule has 23 heavy (non-hydrogen) atoms. The molecule has 3 aromatic rings. The third-order valence-corrected chi connectivity index (χ3v) is 4.25. The van der Waals surface area contributed by atoms with Crippen molar-refractivity contribution in [3.8, 4) is 0 Å². The van der Waals surface area contributed by atoms with E-state index in [1.807, 2.05) is 24.3 Å². The highest BCUT2D eigenvalue weighted by atomic mass is 16.2. The van der Waals surface area contributed by atoms with Crippen LogP contribution in [0.1, 0.15) is 16.8 Å². The molecule has 6 heteroatoms. The molecular formula is C17H17N5O. The zero-order valence-electron chi connectivity index (χ0n) is 12.5. The van der Waals surface area contributed by atoms with Crippen LogP contribution in [0.15, 0.2) is 42.6 Å². The molecule has 0 radical (unpaired) electrons. The number of amides is 1. The average molecular weight is 307 g/mol. The molecular weight excluding hydrogens is 290 g/mol. The minimum Gasteiger partial charge on any atom is -0.349 e. The molecule has 1 aliphatic rings. The Labute approximate surface area is 133 Å². The first-order valence-electron chi connectivity index (χ1n) is 7.67. The maximum atomic E-state index is 12.4. The van der Waals surface area contributed by atoms with Gasteiger partial charge in [0.15, 0.2) is 5.65 Å². The van der Waals surface area contributed by atoms with E-state index in [9.17, 15) is 4.79 Å². The second kappa shape index (κ2) is 5.81. The van der Waals surface area contributed by atoms with E-state index in [0.29, 0.717) is 18.6 Å². The second-order valence-corrected chi connectivity index (χ2v) is 5.70. The minimum absolute atomic E-state index is 0.00569. The van der Waals surface area contributed by atoms with Crippen molar-refractivity contribution in [2.75, 3.05) is 0 Å². The van der Waals surface area contributed by atoms with Gasteiger partial charge in [0.2, 0.25) is 5.91 Å². The van der Waals surface area contributed by atoms with Gasteiger partial charge in [0, 0.05) is 18.1 Å². The highest BCUT2D eigenvalue weighted by Gasteiger charge is 2.23. The number of fused-ring (bicyclic) bond motifs is 2. The molecule has 1 amide bonds. The Balaban J connectivity index is 1.43. The molecule has 1 aliphatic heterocycles. The van der Waals surface area contributed by atoms with E-state index in [0.717, 1.165) is 17.6 Å². The molecule has 4 rings (SSSR count). The summed E-state index contributed by atoms with van der Waals surface area (Å²) in [5, 5.41) is 14.3. The molecule has 0 fully saturated rings. The number of hydrogen-bond acceptors (Lipinski definition) is 4. The van der Waals surface area contributed by atoms with E-state index in [4.69, 9.17) is 0 Å². The van der Waals surface area contributed by atoms with Crippen molar-refractivity contribution >= 4 is 16.9 Å². The van der Waals surface area contributed by atoms with Gasteiger partial charge in [-0.15, -0.1) is 0 Å². The molecule has 3 heterocycles. The molecule has 0 saturated heterocycles. The molecule has 6 nitrogen and oxygen atoms in total. The lowest BCUT2D eigenvalue weighted by molar-refractivity contribution is -0.123. The molecule has 0 bridgehead atoms. The van der Waals surface area contributed by atoms with Gasteiger partial charge in [-0.2, -0.15) is 5.10 Å². The number of hydrogen-bond donors (Lipinski definition) is 3. The van der Waals surface area contributed by atoms with E-state index in [-0.39, 0.29) is 11.9 Å². The SMILES string of the molecule is O=C(NCc1[nH]nc2ncccc12)[C@H]1Cc2ccccc2CN1. The first-order chi connectivity index (χ1) is 11.3. The quantitative estimate of drug-likeness (QED) is 0.681. The highest BCUT2D eigenvalue weighted by molar-refractivity contribution is 5.83. The van der Waals surface area contributed by atoms with Gasteiger partial charge in [-0.1, -0.05) is 24.3 Å². The lowest BCUT2D eigenvalue weighted by Gasteiger charge is -2.25. The summed E-state index contributed by atoms with van der Waals surface area (Å²) in [5.41, 5.74) is 4.05. The van der Waals surface area contributed by atoms with Crippen LogP contribution in [0.25, 0.3) is 11.0 Å². The minimum atomic E-state index is -0.197. The van der Waals surface area contributed by atoms with Crippen LogP contribution in [0.3, 0.4) is 0 Å². The Bertz CT molecular complexity index is 857. The van der Waals surface area contributed by atoms with E-state index >= 15 is 0 Å². The zero-order chi connectivity index (χ0) is 15.6. The van der Waals surface area contributed by atoms with Crippen molar-refractivity contribution in [3.63, 3.8) is 0 Å². The summed E-state index contributed by atoms with van der Waals surface area (Å²) in [4.78, 5) is 16.6. The van der Waals surface area contributed by atoms with Crippen molar-refractivity contribution in [1.82, 2.24) is 25.8 Å². The van der Waals surface area contributed by atoms with Crippen molar-refractivity contribution in [2.45, 2.75) is 25.6 Å². The van der Waals surface area contributed by atoms with E-state index in [2.05, 4.69) is 37.9 Å². The number of nitrogens with zero attached hydrogens (tertiary/aromatic N) is 2. The number of carbonyl (C=O) groups excluding carboxylic acids is 1. The van der Waals surface area contributed by atoms with Crippen LogP contribution >= 0.6 is 0 Å². The van der Waals surface area contributed by atoms with E-state index in [1.54, 1.807) is 6.20 Å². The highest BCUT2D eigenvalue weighted by Crippen LogP contribution is 2.17. The number of H-pyrrole nitrogens is 1. The molecule has 0 saturated carbocycles. The van der Waals surface area contributed by atoms with Gasteiger partial charge < -0.3 is 10.6 Å². The number of benzene rings is 1. The van der Waals surface area contributed by atoms with Gasteiger partial charge in [0.25, 0.3) is 0 Å². The van der Waals surface area contributed by atoms with Gasteiger partial charge in [-0.3, -0.25) is 9.89 Å². The predicted octanol–water partition coefficient (Wildman–Crippen LogP) is 1.29. The Morgan fingerprint density at radius 3 is 3.00 bits per heavy atom. The molecule has 116 valence electrons. The molecule has 1 atom stereocenters. The number of carbonyl (C=O) groups is 1. The van der Waals surface area contributed by atoms with Crippen molar-refractivity contribution in [3.05, 3.63) is 59.4 Å². The lowest BCUT2D eigenvalue weighted by Crippen LogP contribution is -2.47. The van der Waals surface area contributed by atoms with Crippen molar-refractivity contribution < 1.29 is 4.79 Å². The second-order valence-electron chi connectivity index (χ2n) is 5.70. The van der Waals surface area contributed by atoms with Crippen molar-refractivity contribution in [2.24, 2.45) is 0 Å². The Hall–Kier alpha value is -2.73. The number of aromatic nitrogens is 3. The first kappa shape index (κ1) is 13.9. The van der Waals surface area contributed by atoms with Crippen LogP contribution in [0, 0.1) is 0 Å². The Morgan fingerprint density at radius 1 is 1.22 bits per heavy atom. The van der Waals surface area contributed by atoms with Crippen LogP contribution in [0.5, 0.6) is 0 Å². The summed E-state index contributed by atoms with van der Waals surface area (Å²) < 4.78 is 0. The lowest BCUT2D eigenvalue weighted by atomic mass is 9.95. The van der Waals surface area contributed by atoms with E-state index in [1.165, 1.54) is 11.1 Å². The fourth-order valence-corrected chi connectivity index (χ4v) is 2.98. The van der Waals surface area contributed by atoms with Crippen LogP contribution < -0.4 is 10.6 Å². The first-order valence-corrected chi connectivity index (χ1v) is 7.67. The predicted molar refractivity (Wildman–Crippen MR) is 86.5 cm³/mol. The third kappa shape index (κ3) is 2.68. The van der Waals surface area contributed by atoms with Crippen LogP contribution in [0.2, 0.25) is 0 Å². The Morgan fingerprint density at radius 2 is 2.09 bits per heavy atom. The maximum absolute atomic E-state index is 12.4. The largest absolute Gasteiger partial charge is 0.349 e. The van der Waals surface area contributed by atoms with Gasteiger partial charge >= 0.3 is 0 Å². The number of rotatable bonds is 3. The standard InChI is InChI=1S/C17H17N5O/c23-17(14-8-11-4-1-2-5-12(11)9-19-14)20-10-15-13-6-3-7-18-16(13)22-21-15/h1-7,14,19H,8-10H2,(H,20,23)(H,18,21,22)/t14-/m1/s1. The molecule has 0 unspecified atom stereocenters. The summed E-state index contributed by atoms with van der Waals surface area (Å²) in [6, 6.07) is 11.8. The van der Waals surface area contributed by atoms with Gasteiger partial charge in [0.1, 0.15) is 0 Å². The summed E-state index contributed by atoms with van der Waals surface area (Å²) >= 11 is 0. The fourth-order valence-electron chi connectivity index (χ4n) is 2.98. The molecule has 0 aliphatic carbocycles. The van der Waals surface area contributed by atoms with Crippen molar-refractivity contribution in [1.29, 1.82) is 0 Å². The van der Waals surface area contributed by atoms with Crippen LogP contribution in [-0.2, 0) is 24.3 Å². The summed E-state index contributed by atoms with van der Waals surface area (Å²) in [6.45, 7) is 1.14. The molecule has 2 aromatic heterocycles. The monoisotopic (exact) mass is 307 g/mol. The number of nitrogens with one attached hydrogen (secondary N) is 3. The maximum Gasteiger partial charge on any atom is 0.237 e. The summed E-state index contributed by atoms with van der Waals surface area (Å²) in [6.07, 6.45) is 2.42. The fraction of sp³-hybridized carbons (Fsp3) is 0.235. The summed E-state index contributed by atoms with van der Waals surface area (Å²) in [7, 11) is 0. The number of aromatic amines is 1. The van der Waals surface area contributed by atoms with E-state index < -0.39 is 0 Å². The van der Waals surface area contributed by atoms with Gasteiger partial charge in [-0.05, 0) is 29.7 Å². The van der Waals surface area contributed by atoms with Gasteiger partial charge in [-0.25, -0.2) is 4.98 Å². The smallest absolute Gasteiger partial charge is 0.237 e. The van der Waals surface area contributed by atoms with Crippen LogP contribution in [0.4, 0.5) is 0 Å². The average Bonchev–Trinajstić information content (AvgIpc) is 3.02. The molecule has 3 N–H and O–H groups in total. The van der Waals surface area contributed by atoms with Crippen LogP contribution in [-0.4, -0.2) is 27.1 Å². The van der Waals surface area contributed by atoms with Gasteiger partial charge in [0.05, 0.1) is 18.3 Å². The summed E-state index contributed by atoms with van der Waals surface area (Å²) in [5.74, 6) is 0.00569. The normalized spacial score (nSPS) is 17.0. The number of pyridine rings is 1. The Kier molecular flexibility index (Phi) is 3.51. The third-order valence-electron chi connectivity index (χ3n) is 4.25.